The van der Waals surface area contributed by atoms with E-state index < -0.39 is 0 Å². The van der Waals surface area contributed by atoms with Gasteiger partial charge in [0, 0.05) is 44.6 Å². The zero-order valence-corrected chi connectivity index (χ0v) is 28.8. The number of fused-ring (bicyclic) bond motifs is 7. The number of para-hydroxylation sites is 2. The molecule has 0 unspecified atom stereocenters. The molecule has 0 radical (unpaired) electrons. The zero-order valence-electron chi connectivity index (χ0n) is 28.8. The largest absolute Gasteiger partial charge is 0.464 e. The number of nitrogens with zero attached hydrogens (tertiary/aromatic N) is 1. The lowest BCUT2D eigenvalue weighted by Gasteiger charge is -2.24. The van der Waals surface area contributed by atoms with Crippen LogP contribution in [0.1, 0.15) is 5.56 Å². The molecule has 0 aliphatic rings. The molecule has 2 heterocycles. The molecule has 53 heavy (non-hydrogen) atoms. The predicted molar refractivity (Wildman–Crippen MR) is 223 cm³/mol. The highest BCUT2D eigenvalue weighted by Gasteiger charge is 2.16. The van der Waals surface area contributed by atoms with Crippen molar-refractivity contribution in [3.05, 3.63) is 200 Å². The van der Waals surface area contributed by atoms with E-state index in [-0.39, 0.29) is 0 Å². The lowest BCUT2D eigenvalue weighted by molar-refractivity contribution is 0.615. The van der Waals surface area contributed by atoms with Crippen molar-refractivity contribution in [3.8, 4) is 22.3 Å². The molecular formula is C50H33NO2. The lowest BCUT2D eigenvalue weighted by atomic mass is 9.98. The van der Waals surface area contributed by atoms with Crippen molar-refractivity contribution in [2.75, 3.05) is 4.90 Å². The van der Waals surface area contributed by atoms with Crippen molar-refractivity contribution in [2.24, 2.45) is 0 Å². The van der Waals surface area contributed by atoms with Gasteiger partial charge in [-0.05, 0) is 87.5 Å². The van der Waals surface area contributed by atoms with E-state index in [1.807, 2.05) is 24.5 Å². The molecule has 0 spiro atoms. The summed E-state index contributed by atoms with van der Waals surface area (Å²) < 4.78 is 12.3. The molecule has 0 amide bonds. The van der Waals surface area contributed by atoms with E-state index in [0.29, 0.717) is 0 Å². The van der Waals surface area contributed by atoms with Gasteiger partial charge < -0.3 is 13.7 Å². The summed E-state index contributed by atoms with van der Waals surface area (Å²) in [7, 11) is 0. The SMILES string of the molecule is C(=C/c1coc2ccccc12)/C=C/N(c1cccc(-c2ccc3ccccc3c2)c1)c1ccccc1-c1ccc2oc3c4ccccc4ccc3c2c1. The molecule has 3 nitrogen and oxygen atoms in total. The maximum atomic E-state index is 6.47. The molecule has 0 N–H and O–H groups in total. The smallest absolute Gasteiger partial charge is 0.143 e. The summed E-state index contributed by atoms with van der Waals surface area (Å²) in [6, 6.07) is 60.0. The quantitative estimate of drug-likeness (QED) is 0.157. The Bertz CT molecular complexity index is 3030. The van der Waals surface area contributed by atoms with Crippen LogP contribution in [-0.2, 0) is 0 Å². The molecule has 10 aromatic rings. The minimum Gasteiger partial charge on any atom is -0.464 e. The Hall–Kier alpha value is -7.10. The van der Waals surface area contributed by atoms with E-state index in [0.717, 1.165) is 71.9 Å². The van der Waals surface area contributed by atoms with E-state index in [1.54, 1.807) is 0 Å². The van der Waals surface area contributed by atoms with E-state index in [9.17, 15) is 0 Å². The fourth-order valence-electron chi connectivity index (χ4n) is 7.53. The summed E-state index contributed by atoms with van der Waals surface area (Å²) in [6.07, 6.45) is 10.2. The number of benzene rings is 8. The molecule has 0 bridgehead atoms. The summed E-state index contributed by atoms with van der Waals surface area (Å²) in [5.74, 6) is 0. The first-order chi connectivity index (χ1) is 26.3. The van der Waals surface area contributed by atoms with Crippen LogP contribution in [0, 0.1) is 0 Å². The van der Waals surface area contributed by atoms with Gasteiger partial charge in [-0.25, -0.2) is 0 Å². The Morgan fingerprint density at radius 3 is 2.15 bits per heavy atom. The van der Waals surface area contributed by atoms with E-state index >= 15 is 0 Å². The monoisotopic (exact) mass is 679 g/mol. The number of hydrogen-bond acceptors (Lipinski definition) is 3. The molecule has 10 rings (SSSR count). The van der Waals surface area contributed by atoms with Crippen LogP contribution in [0.25, 0.3) is 82.8 Å². The van der Waals surface area contributed by atoms with E-state index in [1.165, 1.54) is 21.7 Å². The van der Waals surface area contributed by atoms with Crippen molar-refractivity contribution >= 4 is 71.9 Å². The van der Waals surface area contributed by atoms with Crippen LogP contribution >= 0.6 is 0 Å². The predicted octanol–water partition coefficient (Wildman–Crippen LogP) is 14.3. The lowest BCUT2D eigenvalue weighted by Crippen LogP contribution is -2.09. The summed E-state index contributed by atoms with van der Waals surface area (Å²) in [4.78, 5) is 2.28. The maximum Gasteiger partial charge on any atom is 0.143 e. The van der Waals surface area contributed by atoms with Crippen LogP contribution in [0.3, 0.4) is 0 Å². The minimum absolute atomic E-state index is 0.882. The van der Waals surface area contributed by atoms with Crippen LogP contribution in [0.4, 0.5) is 11.4 Å². The van der Waals surface area contributed by atoms with E-state index in [4.69, 9.17) is 8.83 Å². The van der Waals surface area contributed by atoms with Gasteiger partial charge in [-0.3, -0.25) is 0 Å². The number of anilines is 2. The molecular weight excluding hydrogens is 647 g/mol. The Morgan fingerprint density at radius 1 is 0.453 bits per heavy atom. The van der Waals surface area contributed by atoms with Crippen LogP contribution < -0.4 is 4.90 Å². The first kappa shape index (κ1) is 30.7. The summed E-state index contributed by atoms with van der Waals surface area (Å²) >= 11 is 0. The van der Waals surface area contributed by atoms with Crippen LogP contribution in [-0.4, -0.2) is 0 Å². The molecule has 0 atom stereocenters. The third-order valence-electron chi connectivity index (χ3n) is 10.2. The Balaban J connectivity index is 1.09. The highest BCUT2D eigenvalue weighted by atomic mass is 16.3. The van der Waals surface area contributed by atoms with Gasteiger partial charge in [-0.1, -0.05) is 133 Å². The van der Waals surface area contributed by atoms with Crippen LogP contribution in [0.5, 0.6) is 0 Å². The fourth-order valence-corrected chi connectivity index (χ4v) is 7.53. The molecule has 250 valence electrons. The number of allylic oxidation sites excluding steroid dienone is 2. The van der Waals surface area contributed by atoms with Crippen molar-refractivity contribution in [1.82, 2.24) is 0 Å². The highest BCUT2D eigenvalue weighted by Crippen LogP contribution is 2.41. The molecule has 0 aliphatic heterocycles. The molecule has 0 saturated carbocycles. The molecule has 0 saturated heterocycles. The van der Waals surface area contributed by atoms with Crippen molar-refractivity contribution in [2.45, 2.75) is 0 Å². The number of rotatable bonds is 7. The second-order valence-electron chi connectivity index (χ2n) is 13.4. The first-order valence-corrected chi connectivity index (χ1v) is 17.9. The topological polar surface area (TPSA) is 29.5 Å². The third-order valence-corrected chi connectivity index (χ3v) is 10.2. The van der Waals surface area contributed by atoms with Crippen LogP contribution in [0.2, 0.25) is 0 Å². The first-order valence-electron chi connectivity index (χ1n) is 17.9. The van der Waals surface area contributed by atoms with Gasteiger partial charge in [0.05, 0.1) is 12.0 Å². The Kier molecular flexibility index (Phi) is 7.47. The third kappa shape index (κ3) is 5.56. The van der Waals surface area contributed by atoms with Gasteiger partial charge in [0.2, 0.25) is 0 Å². The standard InChI is InChI=1S/C50H33NO2/c1-2-14-36-30-38(24-23-34(36)12-1)37-16-11-17-41(31-37)51(29-10-9-15-40-33-52-48-22-8-6-19-43(40)48)47-21-7-5-18-42(47)39-26-28-49-46(32-39)45-27-25-35-13-3-4-20-44(35)50(45)53-49/h1-33H/b15-9-,29-10+. The van der Waals surface area contributed by atoms with Gasteiger partial charge in [0.25, 0.3) is 0 Å². The second-order valence-corrected chi connectivity index (χ2v) is 13.4. The van der Waals surface area contributed by atoms with Gasteiger partial charge in [-0.2, -0.15) is 0 Å². The normalized spacial score (nSPS) is 12.0. The van der Waals surface area contributed by atoms with Gasteiger partial charge >= 0.3 is 0 Å². The van der Waals surface area contributed by atoms with Crippen molar-refractivity contribution in [1.29, 1.82) is 0 Å². The summed E-state index contributed by atoms with van der Waals surface area (Å²) in [5, 5.41) is 8.08. The zero-order chi connectivity index (χ0) is 35.1. The number of hydrogen-bond donors (Lipinski definition) is 0. The van der Waals surface area contributed by atoms with Gasteiger partial charge in [0.15, 0.2) is 0 Å². The molecule has 3 heteroatoms. The summed E-state index contributed by atoms with van der Waals surface area (Å²) in [6.45, 7) is 0. The van der Waals surface area contributed by atoms with Gasteiger partial charge in [0.1, 0.15) is 16.7 Å². The minimum atomic E-state index is 0.882. The average molecular weight is 680 g/mol. The Labute approximate surface area is 306 Å². The molecule has 2 aromatic heterocycles. The molecule has 0 fully saturated rings. The second kappa shape index (κ2) is 12.9. The van der Waals surface area contributed by atoms with Crippen molar-refractivity contribution < 1.29 is 8.83 Å². The molecule has 0 aliphatic carbocycles. The average Bonchev–Trinajstić information content (AvgIpc) is 3.82. The number of furan rings is 2. The highest BCUT2D eigenvalue weighted by molar-refractivity contribution is 6.15. The van der Waals surface area contributed by atoms with E-state index in [2.05, 4.69) is 181 Å². The Morgan fingerprint density at radius 2 is 1.21 bits per heavy atom. The summed E-state index contributed by atoms with van der Waals surface area (Å²) in [5.41, 5.74) is 10.4. The maximum absolute atomic E-state index is 6.47. The van der Waals surface area contributed by atoms with Gasteiger partial charge in [-0.15, -0.1) is 0 Å². The fraction of sp³-hybridized carbons (Fsp3) is 0. The van der Waals surface area contributed by atoms with Crippen LogP contribution in [0.15, 0.2) is 203 Å². The molecule has 8 aromatic carbocycles. The van der Waals surface area contributed by atoms with Crippen molar-refractivity contribution in [3.63, 3.8) is 0 Å².